The number of carbonyl (C=O) groups is 5. The van der Waals surface area contributed by atoms with Gasteiger partial charge in [-0.05, 0) is 44.0 Å². The number of amides is 4. The number of likely N-dealkylation sites (N-methyl/N-ethyl adjacent to an activating group) is 1. The molecule has 2 fully saturated rings. The number of fused-ring (bicyclic) bond motifs is 6. The van der Waals surface area contributed by atoms with Gasteiger partial charge in [-0.2, -0.15) is 0 Å². The van der Waals surface area contributed by atoms with Gasteiger partial charge in [-0.15, -0.1) is 0 Å². The van der Waals surface area contributed by atoms with E-state index in [9.17, 15) is 28.4 Å². The molecule has 0 saturated carbocycles. The Bertz CT molecular complexity index is 2540. The molecule has 2 N–H and O–H groups in total. The summed E-state index contributed by atoms with van der Waals surface area (Å²) in [5, 5.41) is 5.40. The number of rotatable bonds is 11. The van der Waals surface area contributed by atoms with Crippen molar-refractivity contribution >= 4 is 58.3 Å². The molecule has 7 rings (SSSR count). The number of ether oxygens (including phenoxy) is 2. The summed E-state index contributed by atoms with van der Waals surface area (Å²) in [6.45, 7) is 16.2. The molecule has 2 saturated heterocycles. The van der Waals surface area contributed by atoms with Crippen molar-refractivity contribution in [1.82, 2.24) is 35.1 Å². The maximum absolute atomic E-state index is 14.9. The number of hydrogen-bond acceptors (Lipinski definition) is 9. The Balaban J connectivity index is 1.33. The van der Waals surface area contributed by atoms with Crippen molar-refractivity contribution in [3.63, 3.8) is 0 Å². The number of hydrogen-bond donors (Lipinski definition) is 2. The number of aryl methyl sites for hydroxylation is 1. The minimum absolute atomic E-state index is 0.00217. The molecule has 4 atom stereocenters. The van der Waals surface area contributed by atoms with Gasteiger partial charge in [-0.3, -0.25) is 4.98 Å². The average Bonchev–Trinajstić information content (AvgIpc) is 3.94. The van der Waals surface area contributed by atoms with Crippen molar-refractivity contribution in [3.8, 4) is 22.4 Å². The number of carbonyl (C=O) groups excluding carboxylic acids is 5. The second kappa shape index (κ2) is 21.0. The third kappa shape index (κ3) is 10.6. The first-order valence-corrected chi connectivity index (χ1v) is 27.3. The van der Waals surface area contributed by atoms with Crippen molar-refractivity contribution in [1.29, 1.82) is 0 Å². The number of pyridine rings is 1. The van der Waals surface area contributed by atoms with Gasteiger partial charge in [0.05, 0.1) is 24.1 Å². The van der Waals surface area contributed by atoms with Crippen LogP contribution in [0.2, 0.25) is 0 Å². The van der Waals surface area contributed by atoms with Crippen LogP contribution < -0.4 is 10.7 Å². The van der Waals surface area contributed by atoms with Gasteiger partial charge >= 0.3 is 264 Å². The monoisotopic (exact) mass is 1030 g/mol. The number of halogens is 2. The van der Waals surface area contributed by atoms with Gasteiger partial charge in [0.15, 0.2) is 0 Å². The van der Waals surface area contributed by atoms with Gasteiger partial charge in [0.2, 0.25) is 0 Å². The number of nitrogens with zero attached hydrogens (tertiary/aromatic N) is 5. The third-order valence-electron chi connectivity index (χ3n) is 13.1. The standard InChI is InChI=1S/C51H65FIN7O7/c1-10-43(61)58-21-18-53(30-58)50(65)57(8)45(31(3)4)47(62)55-41-25-33-22-34(28-52)24-36(23-33)35-16-17-42-38(26-35)39(46(59(42)11-2)37-14-12-19-54-44(37)32(5)66-9)27-51(6,7)29-67-49(64)40-15-13-20-60(56-40)48(41)63/h10,12,14,16-17,19,22-24,26,31-32,40-41,45,56H,1,11,13,15,18,20-21,25,27-30H2,2-9H3,(H,55,62)/t32-,40-,41-,45-/m0/s1. The van der Waals surface area contributed by atoms with E-state index >= 15 is 0 Å². The van der Waals surface area contributed by atoms with Gasteiger partial charge in [-0.25, -0.2) is 0 Å². The maximum atomic E-state index is 14.9. The molecule has 67 heavy (non-hydrogen) atoms. The topological polar surface area (TPSA) is 155 Å². The molecule has 4 amide bonds. The molecule has 6 bridgehead atoms. The molecule has 0 unspecified atom stereocenters. The normalized spacial score (nSPS) is 20.3. The number of nitrogens with one attached hydrogen (secondary N) is 2. The number of methoxy groups -OCH3 is 1. The van der Waals surface area contributed by atoms with E-state index in [0.29, 0.717) is 52.5 Å². The number of alkyl halides is 3. The Morgan fingerprint density at radius 3 is 2.60 bits per heavy atom. The zero-order valence-corrected chi connectivity index (χ0v) is 42.2. The van der Waals surface area contributed by atoms with E-state index < -0.39 is 67.8 Å². The molecule has 2 aromatic carbocycles. The molecule has 0 aliphatic carbocycles. The Labute approximate surface area is 400 Å². The van der Waals surface area contributed by atoms with Crippen LogP contribution in [-0.2, 0) is 54.7 Å². The zero-order valence-electron chi connectivity index (χ0n) is 40.0. The second-order valence-corrected chi connectivity index (χ2v) is 24.2. The van der Waals surface area contributed by atoms with Crippen LogP contribution in [0.5, 0.6) is 0 Å². The number of benzene rings is 2. The Hall–Kier alpha value is -5.20. The van der Waals surface area contributed by atoms with Crippen LogP contribution >= 0.6 is 19.8 Å². The number of cyclic esters (lactones) is 1. The van der Waals surface area contributed by atoms with Gasteiger partial charge in [0.1, 0.15) is 0 Å². The van der Waals surface area contributed by atoms with Gasteiger partial charge in [0.25, 0.3) is 0 Å². The minimum atomic E-state index is -2.38. The fraction of sp³-hybridized carbons (Fsp3) is 0.490. The third-order valence-corrected chi connectivity index (χ3v) is 18.6. The molecule has 360 valence electrons. The molecule has 3 aliphatic rings. The fourth-order valence-corrected chi connectivity index (χ4v) is 14.9. The Kier molecular flexibility index (Phi) is 15.6. The van der Waals surface area contributed by atoms with Crippen LogP contribution in [0.4, 0.5) is 9.18 Å². The molecular formula is C51H65FIN7O7. The summed E-state index contributed by atoms with van der Waals surface area (Å²) in [5.41, 5.74) is 9.99. The SMILES string of the molecule is C=CC(=O)N1CCI(C(=O)N(C)[C@H](C(=O)N[C@H]2Cc3cc(CF)cc(c3)-c3ccc4c(c3)c(c(-c3cccnc3[C@H](C)OC)n4CC)CC(C)(C)COC(=O)[C@@H]3CCCN(N3)C2=O)C(C)C)C1. The number of hydrazine groups is 1. The first-order valence-electron chi connectivity index (χ1n) is 23.2. The summed E-state index contributed by atoms with van der Waals surface area (Å²) in [5.74, 6) is -2.02. The summed E-state index contributed by atoms with van der Waals surface area (Å²) >= 11 is -2.38. The van der Waals surface area contributed by atoms with E-state index in [-0.39, 0.29) is 41.4 Å². The molecule has 3 aliphatic heterocycles. The van der Waals surface area contributed by atoms with Crippen LogP contribution in [0.1, 0.15) is 82.9 Å². The van der Waals surface area contributed by atoms with Crippen molar-refractivity contribution in [3.05, 3.63) is 89.8 Å². The first-order chi connectivity index (χ1) is 32.0. The number of esters is 1. The van der Waals surface area contributed by atoms with E-state index in [2.05, 4.69) is 60.9 Å². The zero-order chi connectivity index (χ0) is 48.3. The predicted octanol–water partition coefficient (Wildman–Crippen LogP) is 7.78. The van der Waals surface area contributed by atoms with Crippen LogP contribution in [0.15, 0.2) is 67.4 Å². The first kappa shape index (κ1) is 49.7. The molecule has 2 aromatic heterocycles. The fourth-order valence-electron chi connectivity index (χ4n) is 9.64. The Morgan fingerprint density at radius 2 is 1.90 bits per heavy atom. The molecule has 0 radical (unpaired) electrons. The number of aromatic nitrogens is 2. The summed E-state index contributed by atoms with van der Waals surface area (Å²) in [4.78, 5) is 77.6. The average molecular weight is 1030 g/mol. The van der Waals surface area contributed by atoms with Crippen LogP contribution in [0.25, 0.3) is 33.3 Å². The molecular weight excluding hydrogens is 969 g/mol. The van der Waals surface area contributed by atoms with E-state index in [1.165, 1.54) is 16.0 Å². The van der Waals surface area contributed by atoms with Gasteiger partial charge < -0.3 is 9.30 Å². The van der Waals surface area contributed by atoms with Gasteiger partial charge in [-0.1, -0.05) is 13.8 Å². The van der Waals surface area contributed by atoms with Crippen LogP contribution in [0, 0.1) is 11.3 Å². The molecule has 4 aromatic rings. The van der Waals surface area contributed by atoms with E-state index in [1.807, 2.05) is 45.0 Å². The van der Waals surface area contributed by atoms with Gasteiger partial charge in [0, 0.05) is 41.7 Å². The summed E-state index contributed by atoms with van der Waals surface area (Å²) < 4.78 is 30.0. The predicted molar refractivity (Wildman–Crippen MR) is 266 cm³/mol. The Morgan fingerprint density at radius 1 is 1.12 bits per heavy atom. The second-order valence-electron chi connectivity index (χ2n) is 18.9. The van der Waals surface area contributed by atoms with E-state index in [4.69, 9.17) is 14.5 Å². The van der Waals surface area contributed by atoms with Crippen molar-refractivity contribution in [2.45, 2.75) is 105 Å². The molecule has 5 heterocycles. The van der Waals surface area contributed by atoms with Crippen molar-refractivity contribution in [2.75, 3.05) is 42.8 Å². The van der Waals surface area contributed by atoms with Crippen molar-refractivity contribution in [2.24, 2.45) is 11.3 Å². The molecule has 14 nitrogen and oxygen atoms in total. The summed E-state index contributed by atoms with van der Waals surface area (Å²) in [7, 11) is 3.28. The van der Waals surface area contributed by atoms with E-state index in [0.717, 1.165) is 44.5 Å². The van der Waals surface area contributed by atoms with Crippen molar-refractivity contribution < 1.29 is 37.8 Å². The molecule has 0 spiro atoms. The quantitative estimate of drug-likeness (QED) is 0.0383. The van der Waals surface area contributed by atoms with Crippen LogP contribution in [0.3, 0.4) is 0 Å². The summed E-state index contributed by atoms with van der Waals surface area (Å²) in [6, 6.07) is 12.8. The van der Waals surface area contributed by atoms with E-state index in [1.54, 1.807) is 31.3 Å². The summed E-state index contributed by atoms with van der Waals surface area (Å²) in [6.07, 6.45) is 4.20. The molecule has 16 heteroatoms. The van der Waals surface area contributed by atoms with Crippen LogP contribution in [-0.4, -0.2) is 113 Å².